The molecule has 0 saturated heterocycles. The van der Waals surface area contributed by atoms with E-state index in [0.29, 0.717) is 12.1 Å². The van der Waals surface area contributed by atoms with Gasteiger partial charge in [0.2, 0.25) is 15.9 Å². The average molecular weight is 510 g/mol. The van der Waals surface area contributed by atoms with Gasteiger partial charge in [0, 0.05) is 4.47 Å². The average Bonchev–Trinajstić information content (AvgIpc) is 3.02. The van der Waals surface area contributed by atoms with Gasteiger partial charge in [0.15, 0.2) is 0 Å². The number of carbonyl (C=O) groups is 1. The summed E-state index contributed by atoms with van der Waals surface area (Å²) in [7, 11) is -3.89. The minimum Gasteiger partial charge on any atom is -0.324 e. The number of benzene rings is 2. The normalized spacial score (nSPS) is 13.0. The highest BCUT2D eigenvalue weighted by molar-refractivity contribution is 9.10. The zero-order chi connectivity index (χ0) is 22.1. The number of aryl methyl sites for hydroxylation is 2. The molecule has 0 fully saturated rings. The maximum Gasteiger partial charge on any atom is 0.242 e. The van der Waals surface area contributed by atoms with Gasteiger partial charge in [-0.05, 0) is 78.0 Å². The molecule has 30 heavy (non-hydrogen) atoms. The second-order valence-corrected chi connectivity index (χ2v) is 11.4. The third-order valence-corrected chi connectivity index (χ3v) is 7.54. The first-order chi connectivity index (χ1) is 14.0. The molecule has 0 spiro atoms. The first kappa shape index (κ1) is 22.9. The number of anilines is 1. The summed E-state index contributed by atoms with van der Waals surface area (Å²) in [5.41, 5.74) is 2.41. The Kier molecular flexibility index (Phi) is 6.96. The summed E-state index contributed by atoms with van der Waals surface area (Å²) < 4.78 is 30.2. The Balaban J connectivity index is 1.85. The molecule has 160 valence electrons. The van der Waals surface area contributed by atoms with Crippen LogP contribution in [0.15, 0.2) is 45.8 Å². The fourth-order valence-electron chi connectivity index (χ4n) is 3.06. The van der Waals surface area contributed by atoms with Crippen molar-refractivity contribution in [3.8, 4) is 0 Å². The molecule has 0 aliphatic carbocycles. The van der Waals surface area contributed by atoms with E-state index in [2.05, 4.69) is 31.0 Å². The number of thiazole rings is 1. The summed E-state index contributed by atoms with van der Waals surface area (Å²) in [4.78, 5) is 17.4. The number of fused-ring (bicyclic) bond motifs is 1. The minimum absolute atomic E-state index is 0.122. The van der Waals surface area contributed by atoms with Crippen molar-refractivity contribution in [3.05, 3.63) is 51.4 Å². The number of halogens is 1. The van der Waals surface area contributed by atoms with Gasteiger partial charge in [-0.3, -0.25) is 4.79 Å². The second kappa shape index (κ2) is 9.13. The zero-order valence-corrected chi connectivity index (χ0v) is 20.4. The fourth-order valence-corrected chi connectivity index (χ4v) is 5.83. The van der Waals surface area contributed by atoms with Gasteiger partial charge in [0.05, 0.1) is 25.8 Å². The summed E-state index contributed by atoms with van der Waals surface area (Å²) in [6.07, 6.45) is 0.371. The van der Waals surface area contributed by atoms with Crippen molar-refractivity contribution in [1.29, 1.82) is 0 Å². The molecule has 2 N–H and O–H groups in total. The van der Waals surface area contributed by atoms with Crippen molar-refractivity contribution < 1.29 is 13.2 Å². The van der Waals surface area contributed by atoms with Crippen LogP contribution in [-0.2, 0) is 14.8 Å². The molecule has 0 bridgehead atoms. The van der Waals surface area contributed by atoms with Gasteiger partial charge in [-0.15, -0.1) is 11.3 Å². The molecule has 3 rings (SSSR count). The van der Waals surface area contributed by atoms with Crippen molar-refractivity contribution >= 4 is 59.1 Å². The van der Waals surface area contributed by atoms with Crippen LogP contribution in [0.3, 0.4) is 0 Å². The van der Waals surface area contributed by atoms with E-state index >= 15 is 0 Å². The molecule has 1 atom stereocenters. The number of hydrogen-bond donors (Lipinski definition) is 2. The quantitative estimate of drug-likeness (QED) is 0.468. The monoisotopic (exact) mass is 509 g/mol. The molecule has 0 radical (unpaired) electrons. The van der Waals surface area contributed by atoms with Gasteiger partial charge in [0.1, 0.15) is 6.04 Å². The van der Waals surface area contributed by atoms with E-state index in [1.165, 1.54) is 17.4 Å². The van der Waals surface area contributed by atoms with Crippen LogP contribution in [0.25, 0.3) is 10.2 Å². The molecule has 3 aromatic rings. The molecule has 0 aliphatic heterocycles. The van der Waals surface area contributed by atoms with Gasteiger partial charge in [0.25, 0.3) is 0 Å². The van der Waals surface area contributed by atoms with Gasteiger partial charge in [-0.2, -0.15) is 4.72 Å². The molecule has 6 nitrogen and oxygen atoms in total. The predicted octanol–water partition coefficient (Wildman–Crippen LogP) is 5.01. The summed E-state index contributed by atoms with van der Waals surface area (Å²) in [5, 5.41) is 3.70. The van der Waals surface area contributed by atoms with Crippen LogP contribution in [0.1, 0.15) is 30.8 Å². The molecular formula is C21H24BrN3O3S2. The topological polar surface area (TPSA) is 88.2 Å². The highest BCUT2D eigenvalue weighted by atomic mass is 79.9. The van der Waals surface area contributed by atoms with Crippen molar-refractivity contribution in [1.82, 2.24) is 9.71 Å². The number of hydrogen-bond acceptors (Lipinski definition) is 5. The van der Waals surface area contributed by atoms with E-state index in [1.807, 2.05) is 39.8 Å². The van der Waals surface area contributed by atoms with Crippen LogP contribution in [0.5, 0.6) is 0 Å². The van der Waals surface area contributed by atoms with E-state index in [4.69, 9.17) is 0 Å². The lowest BCUT2D eigenvalue weighted by atomic mass is 10.0. The predicted molar refractivity (Wildman–Crippen MR) is 125 cm³/mol. The van der Waals surface area contributed by atoms with Gasteiger partial charge >= 0.3 is 0 Å². The van der Waals surface area contributed by atoms with Gasteiger partial charge in [-0.25, -0.2) is 13.4 Å². The lowest BCUT2D eigenvalue weighted by molar-refractivity contribution is -0.118. The van der Waals surface area contributed by atoms with Crippen LogP contribution in [-0.4, -0.2) is 25.4 Å². The van der Waals surface area contributed by atoms with E-state index < -0.39 is 22.0 Å². The Bertz CT molecular complexity index is 1190. The number of nitrogens with zero attached hydrogens (tertiary/aromatic N) is 1. The third kappa shape index (κ3) is 5.46. The number of sulfonamides is 1. The van der Waals surface area contributed by atoms with Crippen LogP contribution in [0.4, 0.5) is 5.69 Å². The van der Waals surface area contributed by atoms with Crippen molar-refractivity contribution in [3.63, 3.8) is 0 Å². The smallest absolute Gasteiger partial charge is 0.242 e. The van der Waals surface area contributed by atoms with Crippen molar-refractivity contribution in [2.75, 3.05) is 5.32 Å². The molecule has 0 aliphatic rings. The van der Waals surface area contributed by atoms with Gasteiger partial charge in [-0.1, -0.05) is 19.9 Å². The van der Waals surface area contributed by atoms with Crippen LogP contribution < -0.4 is 10.0 Å². The molecule has 2 aromatic carbocycles. The maximum atomic E-state index is 13.0. The molecular weight excluding hydrogens is 486 g/mol. The summed E-state index contributed by atoms with van der Waals surface area (Å²) in [5.74, 6) is -0.275. The molecule has 1 heterocycles. The van der Waals surface area contributed by atoms with Crippen LogP contribution >= 0.6 is 27.3 Å². The number of rotatable bonds is 7. The zero-order valence-electron chi connectivity index (χ0n) is 17.2. The van der Waals surface area contributed by atoms with Crippen LogP contribution in [0.2, 0.25) is 0 Å². The summed E-state index contributed by atoms with van der Waals surface area (Å²) >= 11 is 4.88. The van der Waals surface area contributed by atoms with E-state index in [1.54, 1.807) is 18.2 Å². The van der Waals surface area contributed by atoms with E-state index in [-0.39, 0.29) is 10.8 Å². The number of amides is 1. The molecule has 9 heteroatoms. The third-order valence-electron chi connectivity index (χ3n) is 4.48. The summed E-state index contributed by atoms with van der Waals surface area (Å²) in [6.45, 7) is 7.72. The Labute approximate surface area is 189 Å². The molecule has 0 saturated carbocycles. The first-order valence-corrected chi connectivity index (χ1v) is 12.6. The van der Waals surface area contributed by atoms with Crippen molar-refractivity contribution in [2.45, 2.75) is 45.1 Å². The lowest BCUT2D eigenvalue weighted by Gasteiger charge is -2.20. The second-order valence-electron chi connectivity index (χ2n) is 7.64. The lowest BCUT2D eigenvalue weighted by Crippen LogP contribution is -2.44. The maximum absolute atomic E-state index is 13.0. The standard InChI is InChI=1S/C21H24BrN3O3S2/c1-12(2)9-19(21(26)24-17-7-5-13(3)10-16(17)22)25-30(27,28)15-6-8-18-20(11-15)29-14(4)23-18/h5-8,10-12,19,25H,9H2,1-4H3,(H,24,26)/t19-/m0/s1. The molecule has 1 aromatic heterocycles. The molecule has 0 unspecified atom stereocenters. The van der Waals surface area contributed by atoms with Gasteiger partial charge < -0.3 is 5.32 Å². The Hall–Kier alpha value is -1.81. The minimum atomic E-state index is -3.89. The van der Waals surface area contributed by atoms with Crippen molar-refractivity contribution in [2.24, 2.45) is 5.92 Å². The van der Waals surface area contributed by atoms with Crippen LogP contribution in [0, 0.1) is 19.8 Å². The number of aromatic nitrogens is 1. The first-order valence-electron chi connectivity index (χ1n) is 9.51. The largest absolute Gasteiger partial charge is 0.324 e. The Morgan fingerprint density at radius 1 is 1.17 bits per heavy atom. The molecule has 1 amide bonds. The fraction of sp³-hybridized carbons (Fsp3) is 0.333. The highest BCUT2D eigenvalue weighted by Gasteiger charge is 2.27. The summed E-state index contributed by atoms with van der Waals surface area (Å²) in [6, 6.07) is 9.47. The number of carbonyl (C=O) groups excluding carboxylic acids is 1. The van der Waals surface area contributed by atoms with E-state index in [9.17, 15) is 13.2 Å². The Morgan fingerprint density at radius 2 is 1.90 bits per heavy atom. The SMILES string of the molecule is Cc1ccc(NC(=O)[C@H](CC(C)C)NS(=O)(=O)c2ccc3nc(C)sc3c2)c(Br)c1. The Morgan fingerprint density at radius 3 is 2.57 bits per heavy atom. The van der Waals surface area contributed by atoms with E-state index in [0.717, 1.165) is 25.3 Å². The number of nitrogens with one attached hydrogen (secondary N) is 2. The highest BCUT2D eigenvalue weighted by Crippen LogP contribution is 2.26.